The zero-order valence-electron chi connectivity index (χ0n) is 20.8. The molecule has 0 bridgehead atoms. The van der Waals surface area contributed by atoms with E-state index in [9.17, 15) is 23.5 Å². The first kappa shape index (κ1) is 27.0. The zero-order valence-corrected chi connectivity index (χ0v) is 20.8. The molecule has 0 aliphatic heterocycles. The summed E-state index contributed by atoms with van der Waals surface area (Å²) >= 11 is 0. The van der Waals surface area contributed by atoms with E-state index < -0.39 is 36.1 Å². The fourth-order valence-electron chi connectivity index (χ4n) is 4.48. The molecule has 4 N–H and O–H groups in total. The molecule has 1 amide bonds. The summed E-state index contributed by atoms with van der Waals surface area (Å²) < 4.78 is 25.3. The standard InChI is InChI=1S/C29H30F2N4O3/c30-25(31)17-33-28(37)24(26-27(36)29(38)35-18-34-26)15-21-11-7-19(8-12-21)5-6-20-9-13-22(14-10-20)16-32-23-3-1-2-4-23/h7-14,18,23-25,32,36H,1-4,15-17H2,(H,33,37)(H,34,35,38). The highest BCUT2D eigenvalue weighted by atomic mass is 19.3. The lowest BCUT2D eigenvalue weighted by molar-refractivity contribution is -0.123. The molecule has 9 heteroatoms. The molecule has 1 unspecified atom stereocenters. The quantitative estimate of drug-likeness (QED) is 0.323. The van der Waals surface area contributed by atoms with Crippen LogP contribution in [0.5, 0.6) is 5.75 Å². The average Bonchev–Trinajstić information content (AvgIpc) is 3.45. The molecule has 0 saturated heterocycles. The smallest absolute Gasteiger partial charge is 0.293 e. The SMILES string of the molecule is O=C(NCC(F)F)C(Cc1ccc(C#Cc2ccc(CNC3CCCC3)cc2)cc1)c1nc[nH]c(=O)c1O. The highest BCUT2D eigenvalue weighted by Crippen LogP contribution is 2.25. The van der Waals surface area contributed by atoms with Crippen molar-refractivity contribution in [2.75, 3.05) is 6.54 Å². The van der Waals surface area contributed by atoms with Gasteiger partial charge in [-0.2, -0.15) is 0 Å². The minimum Gasteiger partial charge on any atom is -0.502 e. The summed E-state index contributed by atoms with van der Waals surface area (Å²) in [5, 5.41) is 15.9. The number of amides is 1. The van der Waals surface area contributed by atoms with Gasteiger partial charge in [-0.1, -0.05) is 48.9 Å². The third kappa shape index (κ3) is 7.49. The predicted molar refractivity (Wildman–Crippen MR) is 140 cm³/mol. The topological polar surface area (TPSA) is 107 Å². The first-order chi connectivity index (χ1) is 18.4. The van der Waals surface area contributed by atoms with E-state index in [1.807, 2.05) is 12.1 Å². The average molecular weight is 521 g/mol. The number of aromatic nitrogens is 2. The minimum atomic E-state index is -2.73. The number of H-pyrrole nitrogens is 1. The van der Waals surface area contributed by atoms with Crippen LogP contribution in [-0.2, 0) is 17.8 Å². The Bertz CT molecular complexity index is 1340. The summed E-state index contributed by atoms with van der Waals surface area (Å²) in [7, 11) is 0. The summed E-state index contributed by atoms with van der Waals surface area (Å²) in [5.74, 6) is 3.65. The van der Waals surface area contributed by atoms with Gasteiger partial charge in [-0.15, -0.1) is 0 Å². The summed E-state index contributed by atoms with van der Waals surface area (Å²) in [6, 6.07) is 15.9. The van der Waals surface area contributed by atoms with Crippen molar-refractivity contribution in [2.24, 2.45) is 0 Å². The van der Waals surface area contributed by atoms with E-state index in [0.29, 0.717) is 11.6 Å². The van der Waals surface area contributed by atoms with E-state index in [1.165, 1.54) is 31.2 Å². The second-order valence-electron chi connectivity index (χ2n) is 9.36. The van der Waals surface area contributed by atoms with E-state index in [0.717, 1.165) is 24.0 Å². The fourth-order valence-corrected chi connectivity index (χ4v) is 4.48. The van der Waals surface area contributed by atoms with E-state index in [2.05, 4.69) is 44.6 Å². The molecule has 1 saturated carbocycles. The number of hydrogen-bond acceptors (Lipinski definition) is 5. The zero-order chi connectivity index (χ0) is 26.9. The van der Waals surface area contributed by atoms with Gasteiger partial charge in [-0.05, 0) is 54.7 Å². The molecule has 1 fully saturated rings. The molecule has 1 aliphatic rings. The molecule has 2 aromatic carbocycles. The van der Waals surface area contributed by atoms with Gasteiger partial charge in [0, 0.05) is 23.7 Å². The Morgan fingerprint density at radius 3 is 2.24 bits per heavy atom. The van der Waals surface area contributed by atoms with Gasteiger partial charge < -0.3 is 20.7 Å². The molecular formula is C29H30F2N4O3. The van der Waals surface area contributed by atoms with E-state index in [4.69, 9.17) is 0 Å². The summed E-state index contributed by atoms with van der Waals surface area (Å²) in [4.78, 5) is 30.6. The maximum absolute atomic E-state index is 12.6. The van der Waals surface area contributed by atoms with Gasteiger partial charge in [0.05, 0.1) is 18.8 Å². The van der Waals surface area contributed by atoms with Crippen LogP contribution in [0.4, 0.5) is 8.78 Å². The summed E-state index contributed by atoms with van der Waals surface area (Å²) in [5.41, 5.74) is 2.58. The van der Waals surface area contributed by atoms with Crippen LogP contribution in [0.15, 0.2) is 59.7 Å². The van der Waals surface area contributed by atoms with Gasteiger partial charge in [0.1, 0.15) is 5.69 Å². The molecular weight excluding hydrogens is 490 g/mol. The van der Waals surface area contributed by atoms with Crippen molar-refractivity contribution in [1.82, 2.24) is 20.6 Å². The second-order valence-corrected chi connectivity index (χ2v) is 9.36. The molecule has 0 spiro atoms. The number of nitrogens with zero attached hydrogens (tertiary/aromatic N) is 1. The number of carbonyl (C=O) groups is 1. The largest absolute Gasteiger partial charge is 0.502 e. The predicted octanol–water partition coefficient (Wildman–Crippen LogP) is 3.62. The van der Waals surface area contributed by atoms with Crippen LogP contribution in [0.25, 0.3) is 0 Å². The number of aromatic hydroxyl groups is 1. The van der Waals surface area contributed by atoms with Gasteiger partial charge in [-0.25, -0.2) is 13.8 Å². The monoisotopic (exact) mass is 520 g/mol. The van der Waals surface area contributed by atoms with E-state index in [-0.39, 0.29) is 12.1 Å². The molecule has 0 radical (unpaired) electrons. The molecule has 1 atom stereocenters. The van der Waals surface area contributed by atoms with Crippen LogP contribution in [0.3, 0.4) is 0 Å². The number of halogens is 2. The molecule has 7 nitrogen and oxygen atoms in total. The highest BCUT2D eigenvalue weighted by molar-refractivity contribution is 5.84. The van der Waals surface area contributed by atoms with E-state index >= 15 is 0 Å². The van der Waals surface area contributed by atoms with E-state index in [1.54, 1.807) is 24.3 Å². The van der Waals surface area contributed by atoms with Crippen LogP contribution >= 0.6 is 0 Å². The fraction of sp³-hybridized carbons (Fsp3) is 0.345. The molecule has 38 heavy (non-hydrogen) atoms. The van der Waals surface area contributed by atoms with Crippen LogP contribution in [0, 0.1) is 11.8 Å². The molecule has 4 rings (SSSR count). The Hall–Kier alpha value is -4.03. The molecule has 1 heterocycles. The van der Waals surface area contributed by atoms with Gasteiger partial charge in [0.25, 0.3) is 12.0 Å². The van der Waals surface area contributed by atoms with Crippen molar-refractivity contribution in [3.8, 4) is 17.6 Å². The van der Waals surface area contributed by atoms with Crippen molar-refractivity contribution in [3.05, 3.63) is 93.2 Å². The summed E-state index contributed by atoms with van der Waals surface area (Å²) in [6.07, 6.45) is 3.48. The van der Waals surface area contributed by atoms with Crippen molar-refractivity contribution < 1.29 is 18.7 Å². The Kier molecular flexibility index (Phi) is 9.22. The number of alkyl halides is 2. The molecule has 3 aromatic rings. The van der Waals surface area contributed by atoms with Crippen LogP contribution in [0.1, 0.15) is 59.5 Å². The van der Waals surface area contributed by atoms with Crippen molar-refractivity contribution in [2.45, 2.75) is 57.0 Å². The van der Waals surface area contributed by atoms with Crippen molar-refractivity contribution >= 4 is 5.91 Å². The van der Waals surface area contributed by atoms with Crippen molar-refractivity contribution in [1.29, 1.82) is 0 Å². The lowest BCUT2D eigenvalue weighted by Gasteiger charge is -2.17. The molecule has 198 valence electrons. The Morgan fingerprint density at radius 2 is 1.63 bits per heavy atom. The first-order valence-electron chi connectivity index (χ1n) is 12.6. The van der Waals surface area contributed by atoms with Gasteiger partial charge in [0.2, 0.25) is 11.7 Å². The lowest BCUT2D eigenvalue weighted by Crippen LogP contribution is -2.34. The van der Waals surface area contributed by atoms with Gasteiger partial charge in [-0.3, -0.25) is 9.59 Å². The van der Waals surface area contributed by atoms with Crippen molar-refractivity contribution in [3.63, 3.8) is 0 Å². The maximum Gasteiger partial charge on any atom is 0.293 e. The number of nitrogens with one attached hydrogen (secondary N) is 3. The molecule has 1 aromatic heterocycles. The minimum absolute atomic E-state index is 0.0448. The second kappa shape index (κ2) is 13.0. The Morgan fingerprint density at radius 1 is 1.03 bits per heavy atom. The number of aromatic amines is 1. The third-order valence-corrected chi connectivity index (χ3v) is 6.58. The van der Waals surface area contributed by atoms with Crippen LogP contribution in [0.2, 0.25) is 0 Å². The Labute approximate surface area is 219 Å². The normalized spacial score (nSPS) is 14.2. The maximum atomic E-state index is 12.6. The number of benzene rings is 2. The first-order valence-corrected chi connectivity index (χ1v) is 12.6. The molecule has 1 aliphatic carbocycles. The highest BCUT2D eigenvalue weighted by Gasteiger charge is 2.27. The van der Waals surface area contributed by atoms with Gasteiger partial charge >= 0.3 is 0 Å². The third-order valence-electron chi connectivity index (χ3n) is 6.58. The summed E-state index contributed by atoms with van der Waals surface area (Å²) in [6.45, 7) is 0.0114. The van der Waals surface area contributed by atoms with Gasteiger partial charge in [0.15, 0.2) is 0 Å². The van der Waals surface area contributed by atoms with Crippen LogP contribution in [-0.4, -0.2) is 40.0 Å². The van der Waals surface area contributed by atoms with Crippen LogP contribution < -0.4 is 16.2 Å². The lowest BCUT2D eigenvalue weighted by atomic mass is 9.94. The number of rotatable bonds is 9. The number of carbonyl (C=O) groups excluding carboxylic acids is 1. The number of hydrogen-bond donors (Lipinski definition) is 4. The Balaban J connectivity index is 1.41.